The maximum atomic E-state index is 13.5. The first-order chi connectivity index (χ1) is 15.7. The zero-order valence-corrected chi connectivity index (χ0v) is 18.3. The van der Waals surface area contributed by atoms with Gasteiger partial charge in [-0.1, -0.05) is 25.1 Å². The van der Waals surface area contributed by atoms with Gasteiger partial charge in [0.25, 0.3) is 5.91 Å². The number of piperazine rings is 1. The van der Waals surface area contributed by atoms with Crippen molar-refractivity contribution in [3.8, 4) is 17.2 Å². The van der Waals surface area contributed by atoms with Gasteiger partial charge in [0.1, 0.15) is 17.5 Å². The third-order valence-corrected chi connectivity index (χ3v) is 6.74. The van der Waals surface area contributed by atoms with Crippen LogP contribution in [-0.2, 0) is 13.1 Å². The van der Waals surface area contributed by atoms with E-state index in [4.69, 9.17) is 14.2 Å². The molecule has 7 nitrogen and oxygen atoms in total. The van der Waals surface area contributed by atoms with E-state index in [0.717, 1.165) is 79.5 Å². The van der Waals surface area contributed by atoms with E-state index in [1.807, 2.05) is 29.2 Å². The van der Waals surface area contributed by atoms with Crippen LogP contribution in [0.2, 0.25) is 0 Å². The SMILES string of the molecule is CC[C@@H]1Cn2c(C(=O)N3CCN(Cc4ccc5c(c4)OCO5)CC3)cc3cccc(c32)O1. The predicted molar refractivity (Wildman–Crippen MR) is 120 cm³/mol. The van der Waals surface area contributed by atoms with Crippen LogP contribution in [0.1, 0.15) is 29.4 Å². The lowest BCUT2D eigenvalue weighted by Gasteiger charge is -2.35. The molecule has 0 spiro atoms. The number of carbonyl (C=O) groups is 1. The Labute approximate surface area is 187 Å². The van der Waals surface area contributed by atoms with E-state index in [1.54, 1.807) is 0 Å². The molecule has 3 aliphatic rings. The van der Waals surface area contributed by atoms with Crippen LogP contribution in [0, 0.1) is 0 Å². The first-order valence-electron chi connectivity index (χ1n) is 11.4. The van der Waals surface area contributed by atoms with Crippen molar-refractivity contribution >= 4 is 16.8 Å². The monoisotopic (exact) mass is 433 g/mol. The van der Waals surface area contributed by atoms with Gasteiger partial charge in [-0.2, -0.15) is 0 Å². The summed E-state index contributed by atoms with van der Waals surface area (Å²) < 4.78 is 19.2. The molecule has 166 valence electrons. The molecule has 2 aromatic carbocycles. The zero-order chi connectivity index (χ0) is 21.7. The van der Waals surface area contributed by atoms with Crippen molar-refractivity contribution in [2.75, 3.05) is 33.0 Å². The topological polar surface area (TPSA) is 56.2 Å². The Hall–Kier alpha value is -3.19. The quantitative estimate of drug-likeness (QED) is 0.630. The van der Waals surface area contributed by atoms with E-state index in [9.17, 15) is 4.79 Å². The number of aromatic nitrogens is 1. The van der Waals surface area contributed by atoms with Gasteiger partial charge in [-0.15, -0.1) is 0 Å². The Balaban J connectivity index is 1.16. The minimum Gasteiger partial charge on any atom is -0.486 e. The normalized spacial score (nSPS) is 19.9. The number of para-hydroxylation sites is 1. The van der Waals surface area contributed by atoms with Crippen LogP contribution >= 0.6 is 0 Å². The number of hydrogen-bond acceptors (Lipinski definition) is 5. The third kappa shape index (κ3) is 3.28. The van der Waals surface area contributed by atoms with Gasteiger partial charge in [-0.3, -0.25) is 9.69 Å². The largest absolute Gasteiger partial charge is 0.486 e. The number of amides is 1. The standard InChI is InChI=1S/C25H27N3O4/c1-2-19-15-28-20(13-18-4-3-5-22(32-19)24(18)28)25(29)27-10-8-26(9-11-27)14-17-6-7-21-23(12-17)31-16-30-21/h3-7,12-13,19H,2,8-11,14-16H2,1H3/t19-/m1/s1. The van der Waals surface area contributed by atoms with Crippen molar-refractivity contribution in [3.05, 3.63) is 53.7 Å². The van der Waals surface area contributed by atoms with Crippen molar-refractivity contribution < 1.29 is 19.0 Å². The molecule has 3 aliphatic heterocycles. The average Bonchev–Trinajstić information content (AvgIpc) is 3.44. The number of nitrogens with zero attached hydrogens (tertiary/aromatic N) is 3. The molecule has 4 heterocycles. The maximum absolute atomic E-state index is 13.5. The molecule has 1 amide bonds. The molecule has 0 bridgehead atoms. The second-order valence-electron chi connectivity index (χ2n) is 8.74. The molecule has 1 aromatic heterocycles. The predicted octanol–water partition coefficient (Wildman–Crippen LogP) is 3.50. The van der Waals surface area contributed by atoms with Crippen LogP contribution in [-0.4, -0.2) is 59.4 Å². The molecule has 0 saturated carbocycles. The Morgan fingerprint density at radius 2 is 1.84 bits per heavy atom. The van der Waals surface area contributed by atoms with E-state index < -0.39 is 0 Å². The minimum atomic E-state index is 0.102. The number of rotatable bonds is 4. The summed E-state index contributed by atoms with van der Waals surface area (Å²) in [5, 5.41) is 1.07. The first-order valence-corrected chi connectivity index (χ1v) is 11.4. The summed E-state index contributed by atoms with van der Waals surface area (Å²) in [6, 6.07) is 14.2. The fourth-order valence-corrected chi connectivity index (χ4v) is 4.95. The summed E-state index contributed by atoms with van der Waals surface area (Å²) in [5.41, 5.74) is 3.02. The van der Waals surface area contributed by atoms with E-state index in [1.165, 1.54) is 5.56 Å². The van der Waals surface area contributed by atoms with E-state index >= 15 is 0 Å². The highest BCUT2D eigenvalue weighted by atomic mass is 16.7. The fourth-order valence-electron chi connectivity index (χ4n) is 4.95. The maximum Gasteiger partial charge on any atom is 0.270 e. The van der Waals surface area contributed by atoms with Crippen LogP contribution in [0.15, 0.2) is 42.5 Å². The molecule has 0 radical (unpaired) electrons. The molecule has 1 fully saturated rings. The molecule has 6 rings (SSSR count). The molecule has 0 aliphatic carbocycles. The number of hydrogen-bond donors (Lipinski definition) is 0. The summed E-state index contributed by atoms with van der Waals surface area (Å²) >= 11 is 0. The Morgan fingerprint density at radius 3 is 2.69 bits per heavy atom. The third-order valence-electron chi connectivity index (χ3n) is 6.74. The van der Waals surface area contributed by atoms with Gasteiger partial charge in [0.2, 0.25) is 6.79 Å². The Kier molecular flexibility index (Phi) is 4.72. The number of benzene rings is 2. The molecule has 0 N–H and O–H groups in total. The van der Waals surface area contributed by atoms with Crippen molar-refractivity contribution in [2.45, 2.75) is 32.5 Å². The van der Waals surface area contributed by atoms with Crippen LogP contribution in [0.25, 0.3) is 10.9 Å². The second-order valence-corrected chi connectivity index (χ2v) is 8.74. The Bertz CT molecular complexity index is 1180. The summed E-state index contributed by atoms with van der Waals surface area (Å²) in [6.07, 6.45) is 1.02. The van der Waals surface area contributed by atoms with Crippen molar-refractivity contribution in [1.29, 1.82) is 0 Å². The van der Waals surface area contributed by atoms with Crippen LogP contribution < -0.4 is 14.2 Å². The van der Waals surface area contributed by atoms with Gasteiger partial charge < -0.3 is 23.7 Å². The first kappa shape index (κ1) is 19.5. The molecule has 1 saturated heterocycles. The lowest BCUT2D eigenvalue weighted by atomic mass is 10.1. The molecule has 0 unspecified atom stereocenters. The van der Waals surface area contributed by atoms with Crippen molar-refractivity contribution in [2.24, 2.45) is 0 Å². The van der Waals surface area contributed by atoms with Gasteiger partial charge in [0.15, 0.2) is 11.5 Å². The van der Waals surface area contributed by atoms with E-state index in [-0.39, 0.29) is 12.0 Å². The average molecular weight is 434 g/mol. The highest BCUT2D eigenvalue weighted by Crippen LogP contribution is 2.35. The number of ether oxygens (including phenoxy) is 3. The molecule has 3 aromatic rings. The number of fused-ring (bicyclic) bond motifs is 1. The molecule has 32 heavy (non-hydrogen) atoms. The van der Waals surface area contributed by atoms with Crippen molar-refractivity contribution in [1.82, 2.24) is 14.4 Å². The summed E-state index contributed by atoms with van der Waals surface area (Å²) in [6.45, 7) is 7.15. The van der Waals surface area contributed by atoms with Crippen LogP contribution in [0.4, 0.5) is 0 Å². The fraction of sp³-hybridized carbons (Fsp3) is 0.400. The van der Waals surface area contributed by atoms with Gasteiger partial charge in [-0.25, -0.2) is 0 Å². The smallest absolute Gasteiger partial charge is 0.270 e. The van der Waals surface area contributed by atoms with Gasteiger partial charge in [0.05, 0.1) is 12.1 Å². The minimum absolute atomic E-state index is 0.102. The molecule has 1 atom stereocenters. The lowest BCUT2D eigenvalue weighted by molar-refractivity contribution is 0.0613. The highest BCUT2D eigenvalue weighted by Gasteiger charge is 2.29. The molecule has 7 heteroatoms. The summed E-state index contributed by atoms with van der Waals surface area (Å²) in [4.78, 5) is 17.9. The zero-order valence-electron chi connectivity index (χ0n) is 18.3. The highest BCUT2D eigenvalue weighted by molar-refractivity contribution is 6.00. The Morgan fingerprint density at radius 1 is 1.00 bits per heavy atom. The van der Waals surface area contributed by atoms with Gasteiger partial charge in [-0.05, 0) is 36.2 Å². The summed E-state index contributed by atoms with van der Waals surface area (Å²) in [5.74, 6) is 2.63. The molecular formula is C25H27N3O4. The second kappa shape index (κ2) is 7.74. The summed E-state index contributed by atoms with van der Waals surface area (Å²) in [7, 11) is 0. The lowest BCUT2D eigenvalue weighted by Crippen LogP contribution is -2.48. The molecular weight excluding hydrogens is 406 g/mol. The van der Waals surface area contributed by atoms with Crippen molar-refractivity contribution in [3.63, 3.8) is 0 Å². The van der Waals surface area contributed by atoms with E-state index in [2.05, 4.69) is 34.6 Å². The van der Waals surface area contributed by atoms with Crippen LogP contribution in [0.3, 0.4) is 0 Å². The van der Waals surface area contributed by atoms with E-state index in [0.29, 0.717) is 6.79 Å². The van der Waals surface area contributed by atoms with Crippen LogP contribution in [0.5, 0.6) is 17.2 Å². The van der Waals surface area contributed by atoms with Gasteiger partial charge >= 0.3 is 0 Å². The number of carbonyl (C=O) groups excluding carboxylic acids is 1. The van der Waals surface area contributed by atoms with Gasteiger partial charge in [0, 0.05) is 38.1 Å².